The van der Waals surface area contributed by atoms with E-state index in [-0.39, 0.29) is 5.91 Å². The van der Waals surface area contributed by atoms with Crippen molar-refractivity contribution < 1.29 is 4.79 Å². The van der Waals surface area contributed by atoms with Crippen molar-refractivity contribution in [3.8, 4) is 10.6 Å². The molecule has 2 heterocycles. The molecule has 3 aromatic rings. The lowest BCUT2D eigenvalue weighted by molar-refractivity contribution is 0.0954. The van der Waals surface area contributed by atoms with Gasteiger partial charge in [-0.3, -0.25) is 9.78 Å². The first kappa shape index (κ1) is 16.6. The minimum Gasteiger partial charge on any atom is -0.352 e. The lowest BCUT2D eigenvalue weighted by Gasteiger charge is -2.06. The van der Waals surface area contributed by atoms with Gasteiger partial charge in [-0.05, 0) is 31.2 Å². The summed E-state index contributed by atoms with van der Waals surface area (Å²) in [5.41, 5.74) is 2.56. The molecule has 0 aliphatic carbocycles. The number of pyridine rings is 1. The summed E-state index contributed by atoms with van der Waals surface area (Å²) in [6.45, 7) is 2.54. The van der Waals surface area contributed by atoms with E-state index in [2.05, 4.69) is 15.3 Å². The average Bonchev–Trinajstić information content (AvgIpc) is 2.97. The number of aromatic nitrogens is 2. The van der Waals surface area contributed by atoms with Gasteiger partial charge in [-0.1, -0.05) is 23.7 Å². The number of halogens is 1. The molecule has 6 heteroatoms. The van der Waals surface area contributed by atoms with Crippen LogP contribution in [0.3, 0.4) is 0 Å². The van der Waals surface area contributed by atoms with E-state index in [1.54, 1.807) is 48.0 Å². The number of nitrogens with one attached hydrogen (secondary N) is 1. The quantitative estimate of drug-likeness (QED) is 0.746. The first-order chi connectivity index (χ1) is 11.6. The van der Waals surface area contributed by atoms with E-state index >= 15 is 0 Å². The Morgan fingerprint density at radius 1 is 1.21 bits per heavy atom. The van der Waals surface area contributed by atoms with Crippen molar-refractivity contribution in [2.24, 2.45) is 0 Å². The fourth-order valence-corrected chi connectivity index (χ4v) is 3.60. The van der Waals surface area contributed by atoms with E-state index in [1.807, 2.05) is 19.1 Å². The number of aryl methyl sites for hydroxylation is 1. The van der Waals surface area contributed by atoms with Crippen LogP contribution in [0.15, 0.2) is 48.8 Å². The Labute approximate surface area is 149 Å². The molecule has 2 aromatic heterocycles. The molecule has 0 unspecified atom stereocenters. The van der Waals surface area contributed by atoms with Crippen LogP contribution in [0.2, 0.25) is 5.02 Å². The first-order valence-electron chi connectivity index (χ1n) is 7.54. The van der Waals surface area contributed by atoms with E-state index < -0.39 is 0 Å². The zero-order chi connectivity index (χ0) is 16.9. The van der Waals surface area contributed by atoms with Gasteiger partial charge in [0.05, 0.1) is 16.3 Å². The maximum atomic E-state index is 12.2. The number of hydrogen-bond acceptors (Lipinski definition) is 4. The van der Waals surface area contributed by atoms with Crippen LogP contribution in [0.5, 0.6) is 0 Å². The van der Waals surface area contributed by atoms with Gasteiger partial charge >= 0.3 is 0 Å². The minimum atomic E-state index is -0.155. The molecule has 0 aliphatic rings. The monoisotopic (exact) mass is 357 g/mol. The molecule has 0 fully saturated rings. The van der Waals surface area contributed by atoms with Crippen LogP contribution in [-0.4, -0.2) is 22.4 Å². The number of nitrogens with zero attached hydrogens (tertiary/aromatic N) is 2. The molecule has 1 N–H and O–H groups in total. The number of rotatable bonds is 5. The number of thiazole rings is 1. The zero-order valence-corrected chi connectivity index (χ0v) is 14.7. The molecule has 24 heavy (non-hydrogen) atoms. The molecule has 0 saturated heterocycles. The highest BCUT2D eigenvalue weighted by molar-refractivity contribution is 7.15. The van der Waals surface area contributed by atoms with Crippen LogP contribution in [0, 0.1) is 6.92 Å². The summed E-state index contributed by atoms with van der Waals surface area (Å²) in [5.74, 6) is -0.155. The van der Waals surface area contributed by atoms with Gasteiger partial charge < -0.3 is 5.32 Å². The van der Waals surface area contributed by atoms with Gasteiger partial charge in [-0.2, -0.15) is 0 Å². The summed E-state index contributed by atoms with van der Waals surface area (Å²) in [5, 5.41) is 4.35. The topological polar surface area (TPSA) is 54.9 Å². The van der Waals surface area contributed by atoms with E-state index in [1.165, 1.54) is 4.88 Å². The van der Waals surface area contributed by atoms with Gasteiger partial charge in [0.15, 0.2) is 0 Å². The predicted molar refractivity (Wildman–Crippen MR) is 97.6 cm³/mol. The standard InChI is InChI=1S/C18H16ClN3OS/c1-12-16(24-18(22-12)13-6-9-20-10-7-13)8-11-21-17(23)14-4-2-3-5-15(14)19/h2-7,9-10H,8,11H2,1H3,(H,21,23). The van der Waals surface area contributed by atoms with Gasteiger partial charge in [0.1, 0.15) is 5.01 Å². The molecule has 0 saturated carbocycles. The second-order valence-corrected chi connectivity index (χ2v) is 6.74. The summed E-state index contributed by atoms with van der Waals surface area (Å²) in [6.07, 6.45) is 4.26. The van der Waals surface area contributed by atoms with Crippen LogP contribution >= 0.6 is 22.9 Å². The van der Waals surface area contributed by atoms with Gasteiger partial charge in [0.25, 0.3) is 5.91 Å². The van der Waals surface area contributed by atoms with E-state index in [0.29, 0.717) is 17.1 Å². The highest BCUT2D eigenvalue weighted by Gasteiger charge is 2.11. The molecule has 3 rings (SSSR count). The third-order valence-corrected chi connectivity index (χ3v) is 5.17. The van der Waals surface area contributed by atoms with Crippen LogP contribution < -0.4 is 5.32 Å². The van der Waals surface area contributed by atoms with Crippen LogP contribution in [-0.2, 0) is 6.42 Å². The van der Waals surface area contributed by atoms with Crippen molar-refractivity contribution >= 4 is 28.8 Å². The smallest absolute Gasteiger partial charge is 0.252 e. The van der Waals surface area contributed by atoms with E-state index in [0.717, 1.165) is 22.7 Å². The van der Waals surface area contributed by atoms with Crippen molar-refractivity contribution in [3.05, 3.63) is 69.9 Å². The second kappa shape index (κ2) is 7.55. The van der Waals surface area contributed by atoms with Crippen LogP contribution in [0.25, 0.3) is 10.6 Å². The summed E-state index contributed by atoms with van der Waals surface area (Å²) in [6, 6.07) is 10.9. The Balaban J connectivity index is 1.62. The summed E-state index contributed by atoms with van der Waals surface area (Å²) >= 11 is 7.68. The Hall–Kier alpha value is -2.24. The van der Waals surface area contributed by atoms with Crippen molar-refractivity contribution in [1.29, 1.82) is 0 Å². The SMILES string of the molecule is Cc1nc(-c2ccncc2)sc1CCNC(=O)c1ccccc1Cl. The number of benzene rings is 1. The molecule has 1 amide bonds. The van der Waals surface area contributed by atoms with Gasteiger partial charge in [-0.15, -0.1) is 11.3 Å². The van der Waals surface area contributed by atoms with Crippen LogP contribution in [0.4, 0.5) is 0 Å². The Kier molecular flexibility index (Phi) is 5.23. The first-order valence-corrected chi connectivity index (χ1v) is 8.74. The summed E-state index contributed by atoms with van der Waals surface area (Å²) in [4.78, 5) is 22.0. The molecule has 0 aliphatic heterocycles. The lowest BCUT2D eigenvalue weighted by atomic mass is 10.2. The molecule has 122 valence electrons. The molecule has 0 atom stereocenters. The fraction of sp³-hybridized carbons (Fsp3) is 0.167. The minimum absolute atomic E-state index is 0.155. The summed E-state index contributed by atoms with van der Waals surface area (Å²) in [7, 11) is 0. The Morgan fingerprint density at radius 3 is 2.71 bits per heavy atom. The molecule has 1 aromatic carbocycles. The molecule has 4 nitrogen and oxygen atoms in total. The normalized spacial score (nSPS) is 10.6. The molecular weight excluding hydrogens is 342 g/mol. The maximum absolute atomic E-state index is 12.2. The van der Waals surface area contributed by atoms with E-state index in [9.17, 15) is 4.79 Å². The molecule has 0 spiro atoms. The zero-order valence-electron chi connectivity index (χ0n) is 13.1. The molecular formula is C18H16ClN3OS. The Bertz CT molecular complexity index is 848. The average molecular weight is 358 g/mol. The third kappa shape index (κ3) is 3.80. The largest absolute Gasteiger partial charge is 0.352 e. The van der Waals surface area contributed by atoms with Crippen molar-refractivity contribution in [3.63, 3.8) is 0 Å². The second-order valence-electron chi connectivity index (χ2n) is 5.25. The van der Waals surface area contributed by atoms with E-state index in [4.69, 9.17) is 11.6 Å². The van der Waals surface area contributed by atoms with Gasteiger partial charge in [-0.25, -0.2) is 4.98 Å². The molecule has 0 radical (unpaired) electrons. The lowest BCUT2D eigenvalue weighted by Crippen LogP contribution is -2.25. The Morgan fingerprint density at radius 2 is 1.96 bits per heavy atom. The maximum Gasteiger partial charge on any atom is 0.252 e. The number of hydrogen-bond donors (Lipinski definition) is 1. The summed E-state index contributed by atoms with van der Waals surface area (Å²) < 4.78 is 0. The highest BCUT2D eigenvalue weighted by Crippen LogP contribution is 2.27. The third-order valence-electron chi connectivity index (χ3n) is 3.58. The number of amides is 1. The van der Waals surface area contributed by atoms with Gasteiger partial charge in [0.2, 0.25) is 0 Å². The predicted octanol–water partition coefficient (Wildman–Crippen LogP) is 4.14. The van der Waals surface area contributed by atoms with Crippen LogP contribution in [0.1, 0.15) is 20.9 Å². The number of carbonyl (C=O) groups excluding carboxylic acids is 1. The van der Waals surface area contributed by atoms with Gasteiger partial charge in [0, 0.05) is 35.8 Å². The number of carbonyl (C=O) groups is 1. The molecule has 0 bridgehead atoms. The fourth-order valence-electron chi connectivity index (χ4n) is 2.31. The van der Waals surface area contributed by atoms with Crippen molar-refractivity contribution in [1.82, 2.24) is 15.3 Å². The highest BCUT2D eigenvalue weighted by atomic mass is 35.5. The van der Waals surface area contributed by atoms with Crippen molar-refractivity contribution in [2.75, 3.05) is 6.54 Å². The van der Waals surface area contributed by atoms with Crippen molar-refractivity contribution in [2.45, 2.75) is 13.3 Å².